The number of nitrogens with zero attached hydrogens (tertiary/aromatic N) is 2. The van der Waals surface area contributed by atoms with Crippen LogP contribution in [0.15, 0.2) is 243 Å². The maximum absolute atomic E-state index is 2.48. The fourth-order valence-electron chi connectivity index (χ4n) is 12.7. The maximum atomic E-state index is 2.48. The minimum absolute atomic E-state index is 1.20. The normalized spacial score (nSPS) is 12.3. The third-order valence-electron chi connectivity index (χ3n) is 15.6. The van der Waals surface area contributed by atoms with Gasteiger partial charge in [0, 0.05) is 43.1 Å². The van der Waals surface area contributed by atoms with Crippen molar-refractivity contribution in [3.63, 3.8) is 0 Å². The van der Waals surface area contributed by atoms with E-state index < -0.39 is 0 Å². The standard InChI is InChI=1S/C68H40N2/c1-2-16-41(17-3-1)64-52-28-10-24-46(42-18-8-20-44(38-42)48-26-14-36-62-65(48)56-32-12-30-54-50-22-4-6-34-60(50)69(62)67(54)56)58(52)40-59-47(25-11-29-53(59)64)43-19-9-21-45(39-43)49-27-15-37-63-66(49)57-33-13-31-55-51-23-5-7-35-61(51)70(63)68(55)57/h1-40H. The molecule has 0 aliphatic rings. The van der Waals surface area contributed by atoms with Gasteiger partial charge in [-0.05, 0) is 120 Å². The first-order chi connectivity index (χ1) is 34.8. The Morgan fingerprint density at radius 1 is 0.200 bits per heavy atom. The van der Waals surface area contributed by atoms with Gasteiger partial charge in [-0.25, -0.2) is 0 Å². The lowest BCUT2D eigenvalue weighted by molar-refractivity contribution is 1.37. The molecule has 0 bridgehead atoms. The Hall–Kier alpha value is -9.24. The molecule has 16 rings (SSSR count). The van der Waals surface area contributed by atoms with Crippen molar-refractivity contribution < 1.29 is 0 Å². The molecule has 16 aromatic rings. The second-order valence-electron chi connectivity index (χ2n) is 19.1. The third-order valence-corrected chi connectivity index (χ3v) is 15.6. The molecule has 0 unspecified atom stereocenters. The van der Waals surface area contributed by atoms with Gasteiger partial charge in [-0.15, -0.1) is 0 Å². The Labute approximate surface area is 402 Å². The van der Waals surface area contributed by atoms with E-state index in [1.54, 1.807) is 0 Å². The van der Waals surface area contributed by atoms with Crippen LogP contribution < -0.4 is 0 Å². The summed E-state index contributed by atoms with van der Waals surface area (Å²) in [6.45, 7) is 0. The summed E-state index contributed by atoms with van der Waals surface area (Å²) in [5.74, 6) is 0. The van der Waals surface area contributed by atoms with Gasteiger partial charge in [-0.3, -0.25) is 0 Å². The summed E-state index contributed by atoms with van der Waals surface area (Å²) in [5.41, 5.74) is 19.8. The Balaban J connectivity index is 0.900. The molecule has 0 spiro atoms. The van der Waals surface area contributed by atoms with Crippen molar-refractivity contribution in [1.29, 1.82) is 0 Å². The first kappa shape index (κ1) is 37.8. The van der Waals surface area contributed by atoms with Gasteiger partial charge in [0.1, 0.15) is 0 Å². The second-order valence-corrected chi connectivity index (χ2v) is 19.1. The summed E-state index contributed by atoms with van der Waals surface area (Å²) in [6, 6.07) is 90.5. The van der Waals surface area contributed by atoms with E-state index >= 15 is 0 Å². The van der Waals surface area contributed by atoms with Crippen LogP contribution in [0.1, 0.15) is 0 Å². The fraction of sp³-hybridized carbons (Fsp3) is 0. The summed E-state index contributed by atoms with van der Waals surface area (Å²) in [6.07, 6.45) is 0. The zero-order valence-corrected chi connectivity index (χ0v) is 38.0. The molecule has 4 aromatic heterocycles. The van der Waals surface area contributed by atoms with Crippen LogP contribution in [0.25, 0.3) is 153 Å². The molecule has 12 aromatic carbocycles. The summed E-state index contributed by atoms with van der Waals surface area (Å²) in [5, 5.41) is 15.4. The van der Waals surface area contributed by atoms with Crippen LogP contribution in [0, 0.1) is 0 Å². The Kier molecular flexibility index (Phi) is 7.64. The van der Waals surface area contributed by atoms with Crippen LogP contribution >= 0.6 is 0 Å². The van der Waals surface area contributed by atoms with E-state index in [1.165, 1.54) is 153 Å². The lowest BCUT2D eigenvalue weighted by atomic mass is 9.85. The molecular formula is C68H40N2. The molecule has 0 amide bonds. The third kappa shape index (κ3) is 5.06. The van der Waals surface area contributed by atoms with Crippen LogP contribution in [0.4, 0.5) is 0 Å². The van der Waals surface area contributed by atoms with Crippen molar-refractivity contribution >= 4 is 97.7 Å². The van der Waals surface area contributed by atoms with Gasteiger partial charge in [0.15, 0.2) is 0 Å². The second kappa shape index (κ2) is 14.1. The number of fused-ring (bicyclic) bond motifs is 14. The van der Waals surface area contributed by atoms with Crippen molar-refractivity contribution in [1.82, 2.24) is 8.80 Å². The lowest BCUT2D eigenvalue weighted by Crippen LogP contribution is -1.91. The Bertz CT molecular complexity index is 4530. The molecule has 0 aliphatic heterocycles. The van der Waals surface area contributed by atoms with Gasteiger partial charge in [0.05, 0.1) is 33.1 Å². The lowest BCUT2D eigenvalue weighted by Gasteiger charge is -2.18. The first-order valence-electron chi connectivity index (χ1n) is 24.3. The summed E-state index contributed by atoms with van der Waals surface area (Å²) >= 11 is 0. The molecule has 4 heterocycles. The molecule has 0 saturated carbocycles. The van der Waals surface area contributed by atoms with Crippen LogP contribution in [0.5, 0.6) is 0 Å². The monoisotopic (exact) mass is 884 g/mol. The Morgan fingerprint density at radius 2 is 0.543 bits per heavy atom. The van der Waals surface area contributed by atoms with E-state index in [1.807, 2.05) is 0 Å². The molecule has 322 valence electrons. The van der Waals surface area contributed by atoms with Crippen molar-refractivity contribution in [3.05, 3.63) is 243 Å². The van der Waals surface area contributed by atoms with Gasteiger partial charge in [0.2, 0.25) is 0 Å². The zero-order chi connectivity index (χ0) is 45.6. The van der Waals surface area contributed by atoms with E-state index in [-0.39, 0.29) is 0 Å². The largest absolute Gasteiger partial charge is 0.308 e. The van der Waals surface area contributed by atoms with Gasteiger partial charge < -0.3 is 8.80 Å². The highest BCUT2D eigenvalue weighted by Gasteiger charge is 2.23. The summed E-state index contributed by atoms with van der Waals surface area (Å²) in [4.78, 5) is 0. The van der Waals surface area contributed by atoms with E-state index in [9.17, 15) is 0 Å². The smallest absolute Gasteiger partial charge is 0.0620 e. The number of hydrogen-bond donors (Lipinski definition) is 0. The number of para-hydroxylation sites is 4. The molecule has 70 heavy (non-hydrogen) atoms. The summed E-state index contributed by atoms with van der Waals surface area (Å²) in [7, 11) is 0. The highest BCUT2D eigenvalue weighted by molar-refractivity contribution is 6.28. The SMILES string of the molecule is c1ccc(-c2c3cccc(-c4cccc(-c5cccc6c5c5cccc7c8ccccc8n6c75)c4)c3cc3c(-c4cccc(-c5cccc6c5c5cccc7c8ccccc8n6c75)c4)cccc23)cc1. The van der Waals surface area contributed by atoms with E-state index in [0.717, 1.165) is 0 Å². The number of hydrogen-bond acceptors (Lipinski definition) is 0. The molecular weight excluding hydrogens is 845 g/mol. The van der Waals surface area contributed by atoms with Gasteiger partial charge in [-0.1, -0.05) is 200 Å². The molecule has 0 atom stereocenters. The predicted molar refractivity (Wildman–Crippen MR) is 298 cm³/mol. The predicted octanol–water partition coefficient (Wildman–Crippen LogP) is 18.6. The minimum atomic E-state index is 1.20. The van der Waals surface area contributed by atoms with Crippen molar-refractivity contribution in [2.45, 2.75) is 0 Å². The average molecular weight is 885 g/mol. The van der Waals surface area contributed by atoms with Crippen LogP contribution in [0.3, 0.4) is 0 Å². The molecule has 2 nitrogen and oxygen atoms in total. The quantitative estimate of drug-likeness (QED) is 0.152. The highest BCUT2D eigenvalue weighted by atomic mass is 14.9. The van der Waals surface area contributed by atoms with Gasteiger partial charge >= 0.3 is 0 Å². The van der Waals surface area contributed by atoms with E-state index in [0.29, 0.717) is 0 Å². The molecule has 0 fully saturated rings. The van der Waals surface area contributed by atoms with Gasteiger partial charge in [-0.2, -0.15) is 0 Å². The van der Waals surface area contributed by atoms with E-state index in [4.69, 9.17) is 0 Å². The average Bonchev–Trinajstić information content (AvgIpc) is 4.17. The number of aromatic nitrogens is 2. The molecule has 2 heteroatoms. The zero-order valence-electron chi connectivity index (χ0n) is 38.0. The maximum Gasteiger partial charge on any atom is 0.0620 e. The molecule has 0 radical (unpaired) electrons. The minimum Gasteiger partial charge on any atom is -0.308 e. The topological polar surface area (TPSA) is 8.82 Å². The van der Waals surface area contributed by atoms with Crippen molar-refractivity contribution in [2.75, 3.05) is 0 Å². The molecule has 0 N–H and O–H groups in total. The van der Waals surface area contributed by atoms with E-state index in [2.05, 4.69) is 251 Å². The van der Waals surface area contributed by atoms with Crippen LogP contribution in [0.2, 0.25) is 0 Å². The van der Waals surface area contributed by atoms with Crippen LogP contribution in [-0.2, 0) is 0 Å². The Morgan fingerprint density at radius 3 is 1.06 bits per heavy atom. The summed E-state index contributed by atoms with van der Waals surface area (Å²) < 4.78 is 4.95. The molecule has 0 saturated heterocycles. The number of benzene rings is 12. The molecule has 0 aliphatic carbocycles. The highest BCUT2D eigenvalue weighted by Crippen LogP contribution is 2.47. The fourth-order valence-corrected chi connectivity index (χ4v) is 12.7. The van der Waals surface area contributed by atoms with Crippen molar-refractivity contribution in [3.8, 4) is 55.6 Å². The van der Waals surface area contributed by atoms with Gasteiger partial charge in [0.25, 0.3) is 0 Å². The number of rotatable bonds is 5. The van der Waals surface area contributed by atoms with Crippen LogP contribution in [-0.4, -0.2) is 8.80 Å². The first-order valence-corrected chi connectivity index (χ1v) is 24.3. The van der Waals surface area contributed by atoms with Crippen molar-refractivity contribution in [2.24, 2.45) is 0 Å².